The highest BCUT2D eigenvalue weighted by atomic mass is 32.1. The Labute approximate surface area is 119 Å². The lowest BCUT2D eigenvalue weighted by Crippen LogP contribution is -2.13. The van der Waals surface area contributed by atoms with E-state index in [1.807, 2.05) is 0 Å². The molecule has 0 aliphatic carbocycles. The fourth-order valence-corrected chi connectivity index (χ4v) is 2.43. The second kappa shape index (κ2) is 5.30. The number of hydrogen-bond acceptors (Lipinski definition) is 5. The molecule has 0 aliphatic heterocycles. The van der Waals surface area contributed by atoms with Crippen LogP contribution in [0.4, 0.5) is 10.8 Å². The molecule has 104 valence electrons. The van der Waals surface area contributed by atoms with E-state index in [0.717, 1.165) is 16.9 Å². The maximum atomic E-state index is 12.1. The Kier molecular flexibility index (Phi) is 3.71. The number of nitrogens with one attached hydrogen (secondary N) is 1. The summed E-state index contributed by atoms with van der Waals surface area (Å²) in [7, 11) is 0. The molecule has 1 aromatic carbocycles. The first kappa shape index (κ1) is 14.0. The third-order valence-corrected chi connectivity index (χ3v) is 3.74. The van der Waals surface area contributed by atoms with Gasteiger partial charge in [0.25, 0.3) is 5.91 Å². The molecule has 1 heterocycles. The minimum atomic E-state index is -1.04. The second-order valence-corrected chi connectivity index (χ2v) is 5.29. The largest absolute Gasteiger partial charge is 0.478 e. The summed E-state index contributed by atoms with van der Waals surface area (Å²) in [6.07, 6.45) is 0. The van der Waals surface area contributed by atoms with Crippen LogP contribution in [0.25, 0.3) is 0 Å². The van der Waals surface area contributed by atoms with Crippen molar-refractivity contribution in [2.24, 2.45) is 0 Å². The van der Waals surface area contributed by atoms with Crippen molar-refractivity contribution in [3.63, 3.8) is 0 Å². The Bertz CT molecular complexity index is 694. The first-order valence-corrected chi connectivity index (χ1v) is 6.58. The molecular weight excluding hydrogens is 278 g/mol. The van der Waals surface area contributed by atoms with Crippen LogP contribution in [0.15, 0.2) is 18.2 Å². The van der Waals surface area contributed by atoms with Crippen LogP contribution in [-0.2, 0) is 0 Å². The summed E-state index contributed by atoms with van der Waals surface area (Å²) >= 11 is 1.10. The number of carboxylic acids is 1. The van der Waals surface area contributed by atoms with Crippen molar-refractivity contribution in [1.82, 2.24) is 4.98 Å². The highest BCUT2D eigenvalue weighted by molar-refractivity contribution is 7.17. The van der Waals surface area contributed by atoms with E-state index in [1.54, 1.807) is 19.9 Å². The van der Waals surface area contributed by atoms with E-state index in [1.165, 1.54) is 12.1 Å². The van der Waals surface area contributed by atoms with Gasteiger partial charge in [-0.15, -0.1) is 0 Å². The molecule has 0 radical (unpaired) electrons. The molecule has 2 rings (SSSR count). The number of nitrogen functional groups attached to an aromatic ring is 1. The van der Waals surface area contributed by atoms with E-state index in [0.29, 0.717) is 21.4 Å². The maximum absolute atomic E-state index is 12.1. The van der Waals surface area contributed by atoms with Gasteiger partial charge in [-0.25, -0.2) is 9.78 Å². The molecule has 0 aliphatic rings. The van der Waals surface area contributed by atoms with Crippen LogP contribution in [0.2, 0.25) is 0 Å². The van der Waals surface area contributed by atoms with Crippen molar-refractivity contribution >= 4 is 34.0 Å². The molecule has 4 N–H and O–H groups in total. The fourth-order valence-electron chi connectivity index (χ4n) is 1.70. The summed E-state index contributed by atoms with van der Waals surface area (Å²) in [6, 6.07) is 4.56. The zero-order valence-corrected chi connectivity index (χ0v) is 11.7. The van der Waals surface area contributed by atoms with E-state index < -0.39 is 5.97 Å². The van der Waals surface area contributed by atoms with Gasteiger partial charge in [0.1, 0.15) is 4.88 Å². The van der Waals surface area contributed by atoms with Gasteiger partial charge in [-0.1, -0.05) is 17.4 Å². The maximum Gasteiger partial charge on any atom is 0.335 e. The fraction of sp³-hybridized carbons (Fsp3) is 0.154. The lowest BCUT2D eigenvalue weighted by Gasteiger charge is -2.08. The number of hydrogen-bond donors (Lipinski definition) is 3. The van der Waals surface area contributed by atoms with Crippen LogP contribution in [-0.4, -0.2) is 22.0 Å². The SMILES string of the molecule is Cc1ccc(C(=O)O)cc1NC(=O)c1sc(N)nc1C. The van der Waals surface area contributed by atoms with Gasteiger partial charge in [-0.2, -0.15) is 0 Å². The molecule has 0 saturated heterocycles. The number of nitrogens with zero attached hydrogens (tertiary/aromatic N) is 1. The monoisotopic (exact) mass is 291 g/mol. The van der Waals surface area contributed by atoms with E-state index in [9.17, 15) is 9.59 Å². The summed E-state index contributed by atoms with van der Waals surface area (Å²) < 4.78 is 0. The zero-order chi connectivity index (χ0) is 14.9. The standard InChI is InChI=1S/C13H13N3O3S/c1-6-3-4-8(12(18)19)5-9(6)16-11(17)10-7(2)15-13(14)20-10/h3-5H,1-2H3,(H2,14,15)(H,16,17)(H,18,19). The van der Waals surface area contributed by atoms with Crippen molar-refractivity contribution in [3.8, 4) is 0 Å². The van der Waals surface area contributed by atoms with E-state index >= 15 is 0 Å². The van der Waals surface area contributed by atoms with Crippen molar-refractivity contribution < 1.29 is 14.7 Å². The van der Waals surface area contributed by atoms with Crippen LogP contribution < -0.4 is 11.1 Å². The highest BCUT2D eigenvalue weighted by Gasteiger charge is 2.16. The molecule has 0 fully saturated rings. The lowest BCUT2D eigenvalue weighted by atomic mass is 10.1. The number of carbonyl (C=O) groups is 2. The van der Waals surface area contributed by atoms with E-state index in [2.05, 4.69) is 10.3 Å². The summed E-state index contributed by atoms with van der Waals surface area (Å²) in [6.45, 7) is 3.48. The quantitative estimate of drug-likeness (QED) is 0.804. The van der Waals surface area contributed by atoms with Crippen molar-refractivity contribution in [3.05, 3.63) is 39.9 Å². The average Bonchev–Trinajstić information content (AvgIpc) is 2.71. The number of thiazole rings is 1. The van der Waals surface area contributed by atoms with Gasteiger partial charge >= 0.3 is 5.97 Å². The Hall–Kier alpha value is -2.41. The van der Waals surface area contributed by atoms with Crippen LogP contribution in [0.1, 0.15) is 31.3 Å². The van der Waals surface area contributed by atoms with Gasteiger partial charge in [0, 0.05) is 5.69 Å². The van der Waals surface area contributed by atoms with Gasteiger partial charge in [-0.3, -0.25) is 4.79 Å². The predicted octanol–water partition coefficient (Wildman–Crippen LogP) is 2.29. The van der Waals surface area contributed by atoms with Gasteiger partial charge in [0.05, 0.1) is 11.3 Å². The molecule has 6 nitrogen and oxygen atoms in total. The van der Waals surface area contributed by atoms with Gasteiger partial charge in [-0.05, 0) is 31.5 Å². The third kappa shape index (κ3) is 2.77. The van der Waals surface area contributed by atoms with E-state index in [-0.39, 0.29) is 11.5 Å². The minimum absolute atomic E-state index is 0.117. The molecule has 0 bridgehead atoms. The zero-order valence-electron chi connectivity index (χ0n) is 10.9. The number of nitrogens with two attached hydrogens (primary N) is 1. The second-order valence-electron chi connectivity index (χ2n) is 4.26. The molecule has 0 unspecified atom stereocenters. The molecule has 2 aromatic rings. The van der Waals surface area contributed by atoms with E-state index in [4.69, 9.17) is 10.8 Å². The van der Waals surface area contributed by atoms with Gasteiger partial charge in [0.2, 0.25) is 0 Å². The van der Waals surface area contributed by atoms with Crippen molar-refractivity contribution in [2.75, 3.05) is 11.1 Å². The summed E-state index contributed by atoms with van der Waals surface area (Å²) in [5, 5.41) is 12.0. The Morgan fingerprint density at radius 3 is 2.60 bits per heavy atom. The topological polar surface area (TPSA) is 105 Å². The number of carboxylic acid groups (broad SMARTS) is 1. The number of amides is 1. The van der Waals surface area contributed by atoms with Crippen LogP contribution in [0.3, 0.4) is 0 Å². The van der Waals surface area contributed by atoms with Gasteiger partial charge < -0.3 is 16.2 Å². The molecular formula is C13H13N3O3S. The summed E-state index contributed by atoms with van der Waals surface area (Å²) in [4.78, 5) is 27.5. The molecule has 1 amide bonds. The molecule has 0 spiro atoms. The number of aryl methyl sites for hydroxylation is 2. The smallest absolute Gasteiger partial charge is 0.335 e. The number of aromatic nitrogens is 1. The Morgan fingerprint density at radius 2 is 2.05 bits per heavy atom. The number of rotatable bonds is 3. The van der Waals surface area contributed by atoms with Crippen molar-refractivity contribution in [1.29, 1.82) is 0 Å². The number of aromatic carboxylic acids is 1. The number of carbonyl (C=O) groups excluding carboxylic acids is 1. The summed E-state index contributed by atoms with van der Waals surface area (Å²) in [5.74, 6) is -1.39. The molecule has 1 aromatic heterocycles. The number of anilines is 2. The lowest BCUT2D eigenvalue weighted by molar-refractivity contribution is 0.0696. The Balaban J connectivity index is 2.30. The molecule has 0 atom stereocenters. The third-order valence-electron chi connectivity index (χ3n) is 2.75. The van der Waals surface area contributed by atoms with Gasteiger partial charge in [0.15, 0.2) is 5.13 Å². The first-order valence-electron chi connectivity index (χ1n) is 5.76. The van der Waals surface area contributed by atoms with Crippen LogP contribution >= 0.6 is 11.3 Å². The predicted molar refractivity (Wildman–Crippen MR) is 77.4 cm³/mol. The Morgan fingerprint density at radius 1 is 1.35 bits per heavy atom. The first-order chi connectivity index (χ1) is 9.38. The minimum Gasteiger partial charge on any atom is -0.478 e. The number of benzene rings is 1. The average molecular weight is 291 g/mol. The highest BCUT2D eigenvalue weighted by Crippen LogP contribution is 2.23. The van der Waals surface area contributed by atoms with Crippen molar-refractivity contribution in [2.45, 2.75) is 13.8 Å². The molecule has 0 saturated carbocycles. The molecule has 7 heteroatoms. The molecule has 20 heavy (non-hydrogen) atoms. The van der Waals surface area contributed by atoms with Crippen LogP contribution in [0.5, 0.6) is 0 Å². The van der Waals surface area contributed by atoms with Crippen LogP contribution in [0, 0.1) is 13.8 Å². The summed E-state index contributed by atoms with van der Waals surface area (Å²) in [5.41, 5.74) is 7.46. The normalized spacial score (nSPS) is 10.3.